The van der Waals surface area contributed by atoms with Gasteiger partial charge in [-0.2, -0.15) is 0 Å². The average molecular weight is 271 g/mol. The van der Waals surface area contributed by atoms with Crippen LogP contribution in [0.5, 0.6) is 0 Å². The lowest BCUT2D eigenvalue weighted by Crippen LogP contribution is -2.47. The number of piperidine rings is 1. The molecular weight excluding hydrogens is 250 g/mol. The van der Waals surface area contributed by atoms with Gasteiger partial charge in [0.15, 0.2) is 0 Å². The summed E-state index contributed by atoms with van der Waals surface area (Å²) in [4.78, 5) is 17.8. The Bertz CT molecular complexity index is 632. The van der Waals surface area contributed by atoms with E-state index in [1.54, 1.807) is 0 Å². The van der Waals surface area contributed by atoms with Gasteiger partial charge in [0.05, 0.1) is 0 Å². The molecule has 1 aromatic heterocycles. The highest BCUT2D eigenvalue weighted by Crippen LogP contribution is 2.21. The second kappa shape index (κ2) is 5.29. The Hall–Kier alpha value is -1.81. The van der Waals surface area contributed by atoms with E-state index in [0.717, 1.165) is 36.8 Å². The number of amides is 1. The Kier molecular flexibility index (Phi) is 3.49. The first kappa shape index (κ1) is 13.2. The molecule has 0 bridgehead atoms. The van der Waals surface area contributed by atoms with Crippen molar-refractivity contribution in [3.05, 3.63) is 35.5 Å². The number of aryl methyl sites for hydroxylation is 1. The first-order valence-corrected chi connectivity index (χ1v) is 7.24. The van der Waals surface area contributed by atoms with Crippen LogP contribution in [0.2, 0.25) is 0 Å². The summed E-state index contributed by atoms with van der Waals surface area (Å²) in [7, 11) is 1.96. The summed E-state index contributed by atoms with van der Waals surface area (Å²) < 4.78 is 0. The monoisotopic (exact) mass is 271 g/mol. The van der Waals surface area contributed by atoms with Crippen LogP contribution in [0.1, 0.15) is 28.9 Å². The van der Waals surface area contributed by atoms with Gasteiger partial charge in [-0.3, -0.25) is 4.79 Å². The van der Waals surface area contributed by atoms with Crippen molar-refractivity contribution >= 4 is 16.8 Å². The lowest BCUT2D eigenvalue weighted by Gasteiger charge is -2.32. The molecule has 2 N–H and O–H groups in total. The van der Waals surface area contributed by atoms with Crippen molar-refractivity contribution < 1.29 is 4.79 Å². The molecule has 1 saturated heterocycles. The van der Waals surface area contributed by atoms with E-state index in [-0.39, 0.29) is 5.91 Å². The van der Waals surface area contributed by atoms with E-state index in [1.165, 1.54) is 5.56 Å². The van der Waals surface area contributed by atoms with E-state index in [9.17, 15) is 4.79 Å². The molecule has 0 saturated carbocycles. The molecule has 106 valence electrons. The third-order valence-electron chi connectivity index (χ3n) is 4.21. The van der Waals surface area contributed by atoms with Crippen LogP contribution in [0.15, 0.2) is 24.3 Å². The lowest BCUT2D eigenvalue weighted by atomic mass is 10.1. The minimum absolute atomic E-state index is 0.112. The Balaban J connectivity index is 1.86. The minimum atomic E-state index is 0.112. The van der Waals surface area contributed by atoms with E-state index in [4.69, 9.17) is 0 Å². The maximum Gasteiger partial charge on any atom is 0.270 e. The second-order valence-corrected chi connectivity index (χ2v) is 5.60. The van der Waals surface area contributed by atoms with Gasteiger partial charge in [0, 0.05) is 30.0 Å². The molecule has 1 unspecified atom stereocenters. The number of H-pyrrole nitrogens is 1. The van der Waals surface area contributed by atoms with Gasteiger partial charge in [0.1, 0.15) is 5.69 Å². The van der Waals surface area contributed by atoms with E-state index >= 15 is 0 Å². The molecule has 3 rings (SSSR count). The van der Waals surface area contributed by atoms with Crippen molar-refractivity contribution in [1.29, 1.82) is 0 Å². The van der Waals surface area contributed by atoms with E-state index < -0.39 is 0 Å². The molecule has 1 aliphatic heterocycles. The van der Waals surface area contributed by atoms with Gasteiger partial charge in [-0.1, -0.05) is 18.2 Å². The van der Waals surface area contributed by atoms with Crippen LogP contribution in [0.25, 0.3) is 10.9 Å². The van der Waals surface area contributed by atoms with Crippen LogP contribution in [0, 0.1) is 6.92 Å². The molecule has 4 nitrogen and oxygen atoms in total. The van der Waals surface area contributed by atoms with Gasteiger partial charge in [-0.25, -0.2) is 0 Å². The number of aromatic nitrogens is 1. The fourth-order valence-electron chi connectivity index (χ4n) is 2.99. The normalized spacial score (nSPS) is 19.5. The number of hydrogen-bond donors (Lipinski definition) is 2. The summed E-state index contributed by atoms with van der Waals surface area (Å²) in [6, 6.07) is 8.51. The SMILES string of the molecule is CNC1CCCN(C(=O)c2cc3cccc(C)c3[nH]2)C1. The predicted molar refractivity (Wildman–Crippen MR) is 81.0 cm³/mol. The largest absolute Gasteiger partial charge is 0.350 e. The van der Waals surface area contributed by atoms with Crippen molar-refractivity contribution in [2.75, 3.05) is 20.1 Å². The zero-order valence-corrected chi connectivity index (χ0v) is 12.1. The molecule has 0 spiro atoms. The molecule has 1 fully saturated rings. The number of aromatic amines is 1. The number of likely N-dealkylation sites (tertiary alicyclic amines) is 1. The topological polar surface area (TPSA) is 48.1 Å². The number of nitrogens with one attached hydrogen (secondary N) is 2. The fraction of sp³-hybridized carbons (Fsp3) is 0.438. The van der Waals surface area contributed by atoms with Gasteiger partial charge in [-0.05, 0) is 38.4 Å². The van der Waals surface area contributed by atoms with Crippen molar-refractivity contribution in [2.45, 2.75) is 25.8 Å². The summed E-state index contributed by atoms with van der Waals surface area (Å²) in [6.45, 7) is 3.71. The van der Waals surface area contributed by atoms with Crippen LogP contribution in [0.4, 0.5) is 0 Å². The summed E-state index contributed by atoms with van der Waals surface area (Å²) in [5.41, 5.74) is 2.94. The standard InChI is InChI=1S/C16H21N3O/c1-11-5-3-6-12-9-14(18-15(11)12)16(20)19-8-4-7-13(10-19)17-2/h3,5-6,9,13,17-18H,4,7-8,10H2,1-2H3. The second-order valence-electron chi connectivity index (χ2n) is 5.60. The van der Waals surface area contributed by atoms with Crippen molar-refractivity contribution in [3.63, 3.8) is 0 Å². The molecule has 1 amide bonds. The molecule has 20 heavy (non-hydrogen) atoms. The van der Waals surface area contributed by atoms with Crippen LogP contribution in [-0.2, 0) is 0 Å². The molecular formula is C16H21N3O. The fourth-order valence-corrected chi connectivity index (χ4v) is 2.99. The molecule has 1 aliphatic rings. The van der Waals surface area contributed by atoms with Crippen molar-refractivity contribution in [3.8, 4) is 0 Å². The molecule has 1 atom stereocenters. The highest BCUT2D eigenvalue weighted by Gasteiger charge is 2.24. The predicted octanol–water partition coefficient (Wildman–Crippen LogP) is 2.30. The van der Waals surface area contributed by atoms with Gasteiger partial charge in [-0.15, -0.1) is 0 Å². The van der Waals surface area contributed by atoms with Gasteiger partial charge in [0.25, 0.3) is 5.91 Å². The van der Waals surface area contributed by atoms with Crippen LogP contribution in [-0.4, -0.2) is 42.0 Å². The van der Waals surface area contributed by atoms with E-state index in [2.05, 4.69) is 23.3 Å². The number of nitrogens with zero attached hydrogens (tertiary/aromatic N) is 1. The summed E-state index contributed by atoms with van der Waals surface area (Å²) in [5, 5.41) is 4.38. The summed E-state index contributed by atoms with van der Waals surface area (Å²) in [5.74, 6) is 0.112. The number of para-hydroxylation sites is 1. The number of likely N-dealkylation sites (N-methyl/N-ethyl adjacent to an activating group) is 1. The number of fused-ring (bicyclic) bond motifs is 1. The molecule has 1 aromatic carbocycles. The molecule has 4 heteroatoms. The maximum absolute atomic E-state index is 12.6. The Morgan fingerprint density at radius 3 is 3.05 bits per heavy atom. The van der Waals surface area contributed by atoms with Gasteiger partial charge in [0.2, 0.25) is 0 Å². The third kappa shape index (κ3) is 2.31. The highest BCUT2D eigenvalue weighted by molar-refractivity contribution is 5.98. The first-order valence-electron chi connectivity index (χ1n) is 7.24. The van der Waals surface area contributed by atoms with Crippen molar-refractivity contribution in [1.82, 2.24) is 15.2 Å². The quantitative estimate of drug-likeness (QED) is 0.880. The van der Waals surface area contributed by atoms with Gasteiger partial charge >= 0.3 is 0 Å². The molecule has 0 aliphatic carbocycles. The van der Waals surface area contributed by atoms with E-state index in [0.29, 0.717) is 11.7 Å². The zero-order chi connectivity index (χ0) is 14.1. The van der Waals surface area contributed by atoms with Crippen LogP contribution >= 0.6 is 0 Å². The Labute approximate surface area is 119 Å². The number of rotatable bonds is 2. The van der Waals surface area contributed by atoms with E-state index in [1.807, 2.05) is 30.1 Å². The smallest absolute Gasteiger partial charge is 0.270 e. The zero-order valence-electron chi connectivity index (χ0n) is 12.1. The van der Waals surface area contributed by atoms with Crippen LogP contribution in [0.3, 0.4) is 0 Å². The highest BCUT2D eigenvalue weighted by atomic mass is 16.2. The van der Waals surface area contributed by atoms with Crippen molar-refractivity contribution in [2.24, 2.45) is 0 Å². The summed E-state index contributed by atoms with van der Waals surface area (Å²) >= 11 is 0. The molecule has 2 aromatic rings. The molecule has 0 radical (unpaired) electrons. The molecule has 2 heterocycles. The third-order valence-corrected chi connectivity index (χ3v) is 4.21. The maximum atomic E-state index is 12.6. The number of carbonyl (C=O) groups is 1. The minimum Gasteiger partial charge on any atom is -0.350 e. The average Bonchev–Trinajstić information content (AvgIpc) is 2.92. The number of carbonyl (C=O) groups excluding carboxylic acids is 1. The Morgan fingerprint density at radius 2 is 2.30 bits per heavy atom. The first-order chi connectivity index (χ1) is 9.69. The number of benzene rings is 1. The summed E-state index contributed by atoms with van der Waals surface area (Å²) in [6.07, 6.45) is 2.21. The van der Waals surface area contributed by atoms with Gasteiger partial charge < -0.3 is 15.2 Å². The lowest BCUT2D eigenvalue weighted by molar-refractivity contribution is 0.0693. The Morgan fingerprint density at radius 1 is 1.45 bits per heavy atom. The number of hydrogen-bond acceptors (Lipinski definition) is 2. The van der Waals surface area contributed by atoms with Crippen LogP contribution < -0.4 is 5.32 Å².